The van der Waals surface area contributed by atoms with E-state index in [2.05, 4.69) is 20.6 Å². The van der Waals surface area contributed by atoms with Gasteiger partial charge in [-0.1, -0.05) is 30.3 Å². The first-order chi connectivity index (χ1) is 12.1. The van der Waals surface area contributed by atoms with E-state index in [-0.39, 0.29) is 18.3 Å². The number of anilines is 3. The molecule has 1 heterocycles. The lowest BCUT2D eigenvalue weighted by Crippen LogP contribution is -2.15. The van der Waals surface area contributed by atoms with Crippen LogP contribution in [0.4, 0.5) is 21.8 Å². The highest BCUT2D eigenvalue weighted by Crippen LogP contribution is 2.23. The molecule has 0 aliphatic rings. The van der Waals surface area contributed by atoms with Crippen LogP contribution in [-0.4, -0.2) is 27.6 Å². The van der Waals surface area contributed by atoms with Crippen LogP contribution in [0.1, 0.15) is 0 Å². The molecule has 3 aromatic rings. The number of rotatable bonds is 6. The van der Waals surface area contributed by atoms with Crippen LogP contribution in [-0.2, 0) is 4.79 Å². The van der Waals surface area contributed by atoms with Crippen molar-refractivity contribution in [3.8, 4) is 11.3 Å². The van der Waals surface area contributed by atoms with Crippen LogP contribution in [0.2, 0.25) is 0 Å². The minimum atomic E-state index is -1.01. The first-order valence-electron chi connectivity index (χ1n) is 7.53. The van der Waals surface area contributed by atoms with Crippen LogP contribution in [0.5, 0.6) is 0 Å². The fourth-order valence-electron chi connectivity index (χ4n) is 2.18. The predicted octanol–water partition coefficient (Wildman–Crippen LogP) is 3.52. The van der Waals surface area contributed by atoms with Crippen molar-refractivity contribution in [3.63, 3.8) is 0 Å². The normalized spacial score (nSPS) is 10.3. The summed E-state index contributed by atoms with van der Waals surface area (Å²) in [5.74, 6) is -0.689. The first kappa shape index (κ1) is 16.4. The zero-order valence-corrected chi connectivity index (χ0v) is 13.1. The number of benzene rings is 2. The molecule has 126 valence electrons. The smallest absolute Gasteiger partial charge is 0.322 e. The molecule has 0 saturated carbocycles. The Balaban J connectivity index is 1.93. The van der Waals surface area contributed by atoms with Gasteiger partial charge in [0.2, 0.25) is 5.95 Å². The SMILES string of the molecule is O=C(O)CNc1nc(Nc2ccc(F)cc2)cc(-c2ccccc2)n1. The minimum Gasteiger partial charge on any atom is -0.480 e. The molecule has 7 heteroatoms. The number of nitrogens with one attached hydrogen (secondary N) is 2. The third-order valence-corrected chi connectivity index (χ3v) is 3.31. The topological polar surface area (TPSA) is 87.1 Å². The lowest BCUT2D eigenvalue weighted by atomic mass is 10.1. The van der Waals surface area contributed by atoms with Crippen LogP contribution in [0.15, 0.2) is 60.7 Å². The second-order valence-corrected chi connectivity index (χ2v) is 5.21. The molecule has 0 radical (unpaired) electrons. The summed E-state index contributed by atoms with van der Waals surface area (Å²) in [6.45, 7) is -0.297. The van der Waals surface area contributed by atoms with Gasteiger partial charge in [-0.15, -0.1) is 0 Å². The Morgan fingerprint density at radius 2 is 1.76 bits per heavy atom. The molecule has 2 aromatic carbocycles. The Morgan fingerprint density at radius 1 is 1.04 bits per heavy atom. The van der Waals surface area contributed by atoms with Crippen molar-refractivity contribution in [3.05, 3.63) is 66.5 Å². The predicted molar refractivity (Wildman–Crippen MR) is 93.3 cm³/mol. The molecule has 1 aromatic heterocycles. The third kappa shape index (κ3) is 4.51. The van der Waals surface area contributed by atoms with Crippen molar-refractivity contribution in [1.29, 1.82) is 0 Å². The maximum Gasteiger partial charge on any atom is 0.322 e. The standard InChI is InChI=1S/C18H15FN4O2/c19-13-6-8-14(9-7-13)21-16-10-15(12-4-2-1-3-5-12)22-18(23-16)20-11-17(24)25/h1-10H,11H2,(H,24,25)(H2,20,21,22,23). The first-order valence-corrected chi connectivity index (χ1v) is 7.53. The van der Waals surface area contributed by atoms with Crippen LogP contribution in [0.25, 0.3) is 11.3 Å². The quantitative estimate of drug-likeness (QED) is 0.637. The van der Waals surface area contributed by atoms with Crippen molar-refractivity contribution in [1.82, 2.24) is 9.97 Å². The number of carbonyl (C=O) groups is 1. The van der Waals surface area contributed by atoms with Gasteiger partial charge in [0.25, 0.3) is 0 Å². The summed E-state index contributed by atoms with van der Waals surface area (Å²) in [6, 6.07) is 17.0. The molecule has 0 amide bonds. The second kappa shape index (κ2) is 7.39. The van der Waals surface area contributed by atoms with Gasteiger partial charge in [0.15, 0.2) is 0 Å². The average molecular weight is 338 g/mol. The van der Waals surface area contributed by atoms with Crippen molar-refractivity contribution < 1.29 is 14.3 Å². The van der Waals surface area contributed by atoms with Crippen LogP contribution in [0.3, 0.4) is 0 Å². The van der Waals surface area contributed by atoms with Gasteiger partial charge in [0.1, 0.15) is 18.2 Å². The van der Waals surface area contributed by atoms with E-state index in [1.165, 1.54) is 12.1 Å². The molecule has 0 unspecified atom stereocenters. The summed E-state index contributed by atoms with van der Waals surface area (Å²) < 4.78 is 13.0. The van der Waals surface area contributed by atoms with E-state index >= 15 is 0 Å². The molecule has 0 fully saturated rings. The molecule has 0 saturated heterocycles. The van der Waals surface area contributed by atoms with Gasteiger partial charge in [-0.2, -0.15) is 4.98 Å². The molecule has 0 atom stereocenters. The average Bonchev–Trinajstić information content (AvgIpc) is 2.62. The minimum absolute atomic E-state index is 0.188. The summed E-state index contributed by atoms with van der Waals surface area (Å²) >= 11 is 0. The van der Waals surface area contributed by atoms with E-state index in [0.717, 1.165) is 5.56 Å². The lowest BCUT2D eigenvalue weighted by Gasteiger charge is -2.11. The molecule has 0 aliphatic heterocycles. The van der Waals surface area contributed by atoms with Crippen molar-refractivity contribution in [2.75, 3.05) is 17.2 Å². The Labute approximate surface area is 143 Å². The van der Waals surface area contributed by atoms with E-state index in [1.54, 1.807) is 18.2 Å². The second-order valence-electron chi connectivity index (χ2n) is 5.21. The molecule has 6 nitrogen and oxygen atoms in total. The number of halogens is 1. The highest BCUT2D eigenvalue weighted by molar-refractivity contribution is 5.73. The fraction of sp³-hybridized carbons (Fsp3) is 0.0556. The Kier molecular flexibility index (Phi) is 4.84. The van der Waals surface area contributed by atoms with Gasteiger partial charge in [0, 0.05) is 17.3 Å². The molecule has 3 rings (SSSR count). The third-order valence-electron chi connectivity index (χ3n) is 3.31. The van der Waals surface area contributed by atoms with E-state index in [1.807, 2.05) is 30.3 Å². The monoisotopic (exact) mass is 338 g/mol. The molecule has 0 aliphatic carbocycles. The van der Waals surface area contributed by atoms with Gasteiger partial charge in [-0.05, 0) is 24.3 Å². The fourth-order valence-corrected chi connectivity index (χ4v) is 2.18. The number of carboxylic acids is 1. The highest BCUT2D eigenvalue weighted by Gasteiger charge is 2.08. The number of carboxylic acid groups (broad SMARTS) is 1. The van der Waals surface area contributed by atoms with Gasteiger partial charge in [-0.25, -0.2) is 9.37 Å². The summed E-state index contributed by atoms with van der Waals surface area (Å²) in [4.78, 5) is 19.4. The van der Waals surface area contributed by atoms with Crippen LogP contribution in [0, 0.1) is 5.82 Å². The zero-order chi connectivity index (χ0) is 17.6. The lowest BCUT2D eigenvalue weighted by molar-refractivity contribution is -0.134. The number of nitrogens with zero attached hydrogens (tertiary/aromatic N) is 2. The Hall–Kier alpha value is -3.48. The Morgan fingerprint density at radius 3 is 2.44 bits per heavy atom. The van der Waals surface area contributed by atoms with Crippen LogP contribution >= 0.6 is 0 Å². The molecule has 0 spiro atoms. The van der Waals surface area contributed by atoms with Crippen molar-refractivity contribution in [2.45, 2.75) is 0 Å². The summed E-state index contributed by atoms with van der Waals surface area (Å²) in [6.07, 6.45) is 0. The van der Waals surface area contributed by atoms with E-state index in [4.69, 9.17) is 5.11 Å². The molecular weight excluding hydrogens is 323 g/mol. The zero-order valence-electron chi connectivity index (χ0n) is 13.1. The number of hydrogen-bond donors (Lipinski definition) is 3. The highest BCUT2D eigenvalue weighted by atomic mass is 19.1. The maximum absolute atomic E-state index is 13.0. The van der Waals surface area contributed by atoms with E-state index in [0.29, 0.717) is 17.2 Å². The number of aliphatic carboxylic acids is 1. The molecule has 0 bridgehead atoms. The molecule has 25 heavy (non-hydrogen) atoms. The largest absolute Gasteiger partial charge is 0.480 e. The van der Waals surface area contributed by atoms with E-state index < -0.39 is 5.97 Å². The van der Waals surface area contributed by atoms with Crippen molar-refractivity contribution in [2.24, 2.45) is 0 Å². The van der Waals surface area contributed by atoms with Crippen LogP contribution < -0.4 is 10.6 Å². The van der Waals surface area contributed by atoms with Gasteiger partial charge in [0.05, 0.1) is 5.69 Å². The molecule has 3 N–H and O–H groups in total. The molecular formula is C18H15FN4O2. The maximum atomic E-state index is 13.0. The van der Waals surface area contributed by atoms with Gasteiger partial charge < -0.3 is 15.7 Å². The van der Waals surface area contributed by atoms with E-state index in [9.17, 15) is 9.18 Å². The number of hydrogen-bond acceptors (Lipinski definition) is 5. The Bertz CT molecular complexity index is 870. The summed E-state index contributed by atoms with van der Waals surface area (Å²) in [5, 5.41) is 14.6. The van der Waals surface area contributed by atoms with Gasteiger partial charge in [-0.3, -0.25) is 4.79 Å². The summed E-state index contributed by atoms with van der Waals surface area (Å²) in [5.41, 5.74) is 2.15. The van der Waals surface area contributed by atoms with Crippen molar-refractivity contribution >= 4 is 23.4 Å². The van der Waals surface area contributed by atoms with Gasteiger partial charge >= 0.3 is 5.97 Å². The summed E-state index contributed by atoms with van der Waals surface area (Å²) in [7, 11) is 0. The number of aromatic nitrogens is 2.